The number of thiazole rings is 1. The van der Waals surface area contributed by atoms with Crippen molar-refractivity contribution in [3.63, 3.8) is 0 Å². The summed E-state index contributed by atoms with van der Waals surface area (Å²) in [6, 6.07) is 14.9. The van der Waals surface area contributed by atoms with E-state index < -0.39 is 0 Å². The average molecular weight is 379 g/mol. The maximum atomic E-state index is 12.8. The normalized spacial score (nSPS) is 13.1. The number of anilines is 2. The van der Waals surface area contributed by atoms with Gasteiger partial charge in [-0.15, -0.1) is 11.3 Å². The molecule has 7 heteroatoms. The van der Waals surface area contributed by atoms with E-state index >= 15 is 0 Å². The molecule has 1 aliphatic rings. The number of fused-ring (bicyclic) bond motifs is 1. The van der Waals surface area contributed by atoms with Gasteiger partial charge in [0.2, 0.25) is 11.8 Å². The van der Waals surface area contributed by atoms with Crippen LogP contribution in [-0.4, -0.2) is 30.5 Å². The molecule has 0 unspecified atom stereocenters. The summed E-state index contributed by atoms with van der Waals surface area (Å²) < 4.78 is 5.17. The fourth-order valence-corrected chi connectivity index (χ4v) is 3.79. The molecule has 1 aromatic heterocycles. The largest absolute Gasteiger partial charge is 0.497 e. The lowest BCUT2D eigenvalue weighted by atomic mass is 10.1. The van der Waals surface area contributed by atoms with Crippen LogP contribution >= 0.6 is 11.3 Å². The Morgan fingerprint density at radius 1 is 1.22 bits per heavy atom. The second kappa shape index (κ2) is 7.20. The number of hydrogen-bond donors (Lipinski definition) is 1. The van der Waals surface area contributed by atoms with Gasteiger partial charge in [0.25, 0.3) is 0 Å². The molecule has 1 N–H and O–H groups in total. The number of nitrogens with one attached hydrogen (secondary N) is 1. The van der Waals surface area contributed by atoms with E-state index in [-0.39, 0.29) is 24.8 Å². The standard InChI is InChI=1S/C20H17N3O3S/c1-26-15-8-6-13(7-9-15)20-21-14(12-27-20)10-19(25)23-11-18(24)22-16-4-2-3-5-17(16)23/h2-9,12H,10-11H2,1H3,(H,22,24). The van der Waals surface area contributed by atoms with Crippen LogP contribution in [0.1, 0.15) is 5.69 Å². The monoisotopic (exact) mass is 379 g/mol. The van der Waals surface area contributed by atoms with E-state index in [1.54, 1.807) is 13.2 Å². The molecule has 4 rings (SSSR count). The van der Waals surface area contributed by atoms with Gasteiger partial charge in [-0.25, -0.2) is 4.98 Å². The molecule has 6 nitrogen and oxygen atoms in total. The van der Waals surface area contributed by atoms with Crippen LogP contribution in [0.3, 0.4) is 0 Å². The smallest absolute Gasteiger partial charge is 0.244 e. The molecule has 3 aromatic rings. The minimum atomic E-state index is -0.195. The lowest BCUT2D eigenvalue weighted by molar-refractivity contribution is -0.121. The number of rotatable bonds is 4. The molecule has 0 saturated heterocycles. The van der Waals surface area contributed by atoms with Crippen LogP contribution in [0, 0.1) is 0 Å². The van der Waals surface area contributed by atoms with Gasteiger partial charge in [-0.3, -0.25) is 9.59 Å². The molecule has 136 valence electrons. The molecule has 2 heterocycles. The van der Waals surface area contributed by atoms with Crippen LogP contribution in [-0.2, 0) is 16.0 Å². The van der Waals surface area contributed by atoms with Crippen LogP contribution in [0.15, 0.2) is 53.9 Å². The summed E-state index contributed by atoms with van der Waals surface area (Å²) in [7, 11) is 1.63. The van der Waals surface area contributed by atoms with Gasteiger partial charge in [0.15, 0.2) is 0 Å². The molecule has 0 aliphatic carbocycles. The number of benzene rings is 2. The molecule has 27 heavy (non-hydrogen) atoms. The molecule has 0 atom stereocenters. The Balaban J connectivity index is 1.52. The highest BCUT2D eigenvalue weighted by molar-refractivity contribution is 7.13. The zero-order valence-electron chi connectivity index (χ0n) is 14.6. The molecule has 2 amide bonds. The second-order valence-electron chi connectivity index (χ2n) is 6.09. The number of carbonyl (C=O) groups excluding carboxylic acids is 2. The highest BCUT2D eigenvalue weighted by atomic mass is 32.1. The van der Waals surface area contributed by atoms with Crippen molar-refractivity contribution < 1.29 is 14.3 Å². The van der Waals surface area contributed by atoms with Crippen LogP contribution in [0.5, 0.6) is 5.75 Å². The summed E-state index contributed by atoms with van der Waals surface area (Å²) >= 11 is 1.49. The van der Waals surface area contributed by atoms with Crippen LogP contribution < -0.4 is 15.0 Å². The van der Waals surface area contributed by atoms with E-state index in [9.17, 15) is 9.59 Å². The lowest BCUT2D eigenvalue weighted by Crippen LogP contribution is -2.42. The Hall–Kier alpha value is -3.19. The number of ether oxygens (including phenoxy) is 1. The van der Waals surface area contributed by atoms with Gasteiger partial charge in [0, 0.05) is 10.9 Å². The third-order valence-electron chi connectivity index (χ3n) is 4.29. The summed E-state index contributed by atoms with van der Waals surface area (Å²) in [5, 5.41) is 5.51. The van der Waals surface area contributed by atoms with Crippen LogP contribution in [0.25, 0.3) is 10.6 Å². The average Bonchev–Trinajstić information content (AvgIpc) is 3.15. The van der Waals surface area contributed by atoms with E-state index in [2.05, 4.69) is 10.3 Å². The quantitative estimate of drug-likeness (QED) is 0.755. The Kier molecular flexibility index (Phi) is 4.60. The maximum absolute atomic E-state index is 12.8. The van der Waals surface area contributed by atoms with Crippen molar-refractivity contribution in [2.24, 2.45) is 0 Å². The van der Waals surface area contributed by atoms with Crippen molar-refractivity contribution in [2.75, 3.05) is 23.9 Å². The molecule has 1 aliphatic heterocycles. The summed E-state index contributed by atoms with van der Waals surface area (Å²) in [5.74, 6) is 0.441. The summed E-state index contributed by atoms with van der Waals surface area (Å²) in [4.78, 5) is 30.8. The van der Waals surface area contributed by atoms with Crippen molar-refractivity contribution in [3.05, 3.63) is 59.6 Å². The van der Waals surface area contributed by atoms with Crippen molar-refractivity contribution in [2.45, 2.75) is 6.42 Å². The topological polar surface area (TPSA) is 71.5 Å². The van der Waals surface area contributed by atoms with E-state index in [0.29, 0.717) is 17.1 Å². The van der Waals surface area contributed by atoms with E-state index in [1.165, 1.54) is 16.2 Å². The fourth-order valence-electron chi connectivity index (χ4n) is 2.96. The van der Waals surface area contributed by atoms with Crippen molar-refractivity contribution >= 4 is 34.5 Å². The molecular weight excluding hydrogens is 362 g/mol. The number of aromatic nitrogens is 1. The Morgan fingerprint density at radius 2 is 2.00 bits per heavy atom. The third-order valence-corrected chi connectivity index (χ3v) is 5.23. The van der Waals surface area contributed by atoms with Gasteiger partial charge in [-0.1, -0.05) is 12.1 Å². The zero-order valence-corrected chi connectivity index (χ0v) is 15.5. The van der Waals surface area contributed by atoms with Gasteiger partial charge >= 0.3 is 0 Å². The fraction of sp³-hybridized carbons (Fsp3) is 0.150. The first-order valence-corrected chi connectivity index (χ1v) is 9.30. The summed E-state index contributed by atoms with van der Waals surface area (Å²) in [5.41, 5.74) is 3.04. The first-order chi connectivity index (χ1) is 13.1. The lowest BCUT2D eigenvalue weighted by Gasteiger charge is -2.29. The number of nitrogens with zero attached hydrogens (tertiary/aromatic N) is 2. The zero-order chi connectivity index (χ0) is 18.8. The summed E-state index contributed by atoms with van der Waals surface area (Å²) in [6.07, 6.45) is 0.147. The Labute approximate surface area is 160 Å². The highest BCUT2D eigenvalue weighted by Crippen LogP contribution is 2.30. The van der Waals surface area contributed by atoms with E-state index in [4.69, 9.17) is 4.74 Å². The minimum absolute atomic E-state index is 0.0192. The highest BCUT2D eigenvalue weighted by Gasteiger charge is 2.27. The number of amides is 2. The number of hydrogen-bond acceptors (Lipinski definition) is 5. The maximum Gasteiger partial charge on any atom is 0.244 e. The Morgan fingerprint density at radius 3 is 2.78 bits per heavy atom. The van der Waals surface area contributed by atoms with E-state index in [1.807, 2.05) is 47.8 Å². The third kappa shape index (κ3) is 3.54. The van der Waals surface area contributed by atoms with Crippen molar-refractivity contribution in [1.82, 2.24) is 4.98 Å². The summed E-state index contributed by atoms with van der Waals surface area (Å²) in [6.45, 7) is 0.0192. The SMILES string of the molecule is COc1ccc(-c2nc(CC(=O)N3CC(=O)Nc4ccccc43)cs2)cc1. The van der Waals surface area contributed by atoms with Crippen molar-refractivity contribution in [1.29, 1.82) is 0 Å². The molecule has 0 bridgehead atoms. The van der Waals surface area contributed by atoms with Crippen molar-refractivity contribution in [3.8, 4) is 16.3 Å². The molecule has 0 saturated carbocycles. The number of methoxy groups -OCH3 is 1. The van der Waals surface area contributed by atoms with Crippen LogP contribution in [0.4, 0.5) is 11.4 Å². The number of para-hydroxylation sites is 2. The first kappa shape index (κ1) is 17.2. The van der Waals surface area contributed by atoms with Gasteiger partial charge in [-0.2, -0.15) is 0 Å². The van der Waals surface area contributed by atoms with E-state index in [0.717, 1.165) is 16.3 Å². The van der Waals surface area contributed by atoms with Gasteiger partial charge in [0.05, 0.1) is 30.6 Å². The van der Waals surface area contributed by atoms with Crippen LogP contribution in [0.2, 0.25) is 0 Å². The second-order valence-corrected chi connectivity index (χ2v) is 6.95. The number of carbonyl (C=O) groups is 2. The Bertz CT molecular complexity index is 998. The predicted molar refractivity (Wildman–Crippen MR) is 105 cm³/mol. The van der Waals surface area contributed by atoms with Gasteiger partial charge < -0.3 is 15.0 Å². The first-order valence-electron chi connectivity index (χ1n) is 8.42. The molecule has 0 spiro atoms. The molecule has 2 aromatic carbocycles. The molecule has 0 radical (unpaired) electrons. The van der Waals surface area contributed by atoms with Gasteiger partial charge in [0.1, 0.15) is 17.3 Å². The predicted octanol–water partition coefficient (Wildman–Crippen LogP) is 3.35. The van der Waals surface area contributed by atoms with Gasteiger partial charge in [-0.05, 0) is 36.4 Å². The molecule has 0 fully saturated rings. The molecular formula is C20H17N3O3S. The minimum Gasteiger partial charge on any atom is -0.497 e.